The second-order valence-corrected chi connectivity index (χ2v) is 8.64. The SMILES string of the molecule is CC(C)C(NC(=O)C(CC(=O)O)NC(=O)C(Cc1c[nH]c2ccccc12)NC(=O)C(N)CO)C(=O)O. The minimum Gasteiger partial charge on any atom is -0.481 e. The molecule has 0 fully saturated rings. The number of aromatic nitrogens is 1. The number of carboxylic acid groups (broad SMARTS) is 2. The summed E-state index contributed by atoms with van der Waals surface area (Å²) in [5.74, 6) is -5.97. The third-order valence-corrected chi connectivity index (χ3v) is 5.51. The topological polar surface area (TPSA) is 224 Å². The van der Waals surface area contributed by atoms with Crippen LogP contribution in [0, 0.1) is 5.92 Å². The van der Waals surface area contributed by atoms with E-state index in [1.165, 1.54) is 0 Å². The number of aliphatic hydroxyl groups excluding tert-OH is 1. The number of fused-ring (bicyclic) bond motifs is 1. The van der Waals surface area contributed by atoms with Crippen LogP contribution in [0.3, 0.4) is 0 Å². The molecule has 13 nitrogen and oxygen atoms in total. The molecule has 0 aliphatic rings. The summed E-state index contributed by atoms with van der Waals surface area (Å²) in [5.41, 5.74) is 6.98. The normalized spacial score (nSPS) is 14.5. The van der Waals surface area contributed by atoms with Gasteiger partial charge in [0.25, 0.3) is 0 Å². The lowest BCUT2D eigenvalue weighted by Crippen LogP contribution is -2.58. The monoisotopic (exact) mass is 505 g/mol. The number of aliphatic carboxylic acids is 2. The van der Waals surface area contributed by atoms with Gasteiger partial charge in [0.1, 0.15) is 24.2 Å². The molecule has 0 aliphatic carbocycles. The number of hydrogen-bond acceptors (Lipinski definition) is 7. The summed E-state index contributed by atoms with van der Waals surface area (Å²) in [6, 6.07) is 1.67. The Kier molecular flexibility index (Phi) is 9.93. The van der Waals surface area contributed by atoms with Gasteiger partial charge in [-0.25, -0.2) is 4.79 Å². The zero-order chi connectivity index (χ0) is 27.0. The molecule has 1 heterocycles. The highest BCUT2D eigenvalue weighted by Gasteiger charge is 2.32. The van der Waals surface area contributed by atoms with Gasteiger partial charge in [-0.1, -0.05) is 32.0 Å². The average Bonchev–Trinajstić information content (AvgIpc) is 3.22. The van der Waals surface area contributed by atoms with Crippen molar-refractivity contribution in [3.8, 4) is 0 Å². The number of amides is 3. The lowest BCUT2D eigenvalue weighted by atomic mass is 10.0. The lowest BCUT2D eigenvalue weighted by molar-refractivity contribution is -0.144. The Morgan fingerprint density at radius 3 is 2.14 bits per heavy atom. The number of carbonyl (C=O) groups is 5. The van der Waals surface area contributed by atoms with E-state index in [2.05, 4.69) is 20.9 Å². The molecule has 196 valence electrons. The first-order valence-electron chi connectivity index (χ1n) is 11.2. The Morgan fingerprint density at radius 2 is 1.56 bits per heavy atom. The van der Waals surface area contributed by atoms with Crippen molar-refractivity contribution in [3.05, 3.63) is 36.0 Å². The van der Waals surface area contributed by atoms with Gasteiger partial charge in [0.15, 0.2) is 0 Å². The van der Waals surface area contributed by atoms with Crippen molar-refractivity contribution >= 4 is 40.6 Å². The highest BCUT2D eigenvalue weighted by molar-refractivity contribution is 5.96. The van der Waals surface area contributed by atoms with Crippen LogP contribution < -0.4 is 21.7 Å². The smallest absolute Gasteiger partial charge is 0.326 e. The Labute approximate surface area is 206 Å². The predicted octanol–water partition coefficient (Wildman–Crippen LogP) is -1.30. The number of rotatable bonds is 13. The fraction of sp³-hybridized carbons (Fsp3) is 0.435. The molecular formula is C23H31N5O8. The van der Waals surface area contributed by atoms with Crippen LogP contribution in [0.5, 0.6) is 0 Å². The second-order valence-electron chi connectivity index (χ2n) is 8.64. The third-order valence-electron chi connectivity index (χ3n) is 5.51. The van der Waals surface area contributed by atoms with Crippen LogP contribution in [0.2, 0.25) is 0 Å². The van der Waals surface area contributed by atoms with Crippen LogP contribution in [0.15, 0.2) is 30.5 Å². The van der Waals surface area contributed by atoms with E-state index in [4.69, 9.17) is 5.73 Å². The number of hydrogen-bond donors (Lipinski definition) is 8. The summed E-state index contributed by atoms with van der Waals surface area (Å²) in [6.45, 7) is 2.44. The van der Waals surface area contributed by atoms with Gasteiger partial charge in [-0.15, -0.1) is 0 Å². The Balaban J connectivity index is 2.30. The number of nitrogens with two attached hydrogens (primary N) is 1. The van der Waals surface area contributed by atoms with Crippen molar-refractivity contribution in [1.29, 1.82) is 0 Å². The molecule has 0 spiro atoms. The third kappa shape index (κ3) is 7.52. The lowest BCUT2D eigenvalue weighted by Gasteiger charge is -2.25. The summed E-state index contributed by atoms with van der Waals surface area (Å²) in [4.78, 5) is 64.1. The number of aromatic amines is 1. The Bertz CT molecular complexity index is 1110. The fourth-order valence-corrected chi connectivity index (χ4v) is 3.51. The van der Waals surface area contributed by atoms with Crippen LogP contribution in [0.25, 0.3) is 10.9 Å². The van der Waals surface area contributed by atoms with Crippen molar-refractivity contribution < 1.29 is 39.3 Å². The van der Waals surface area contributed by atoms with E-state index in [9.17, 15) is 39.3 Å². The molecule has 0 saturated carbocycles. The number of aliphatic hydroxyl groups is 1. The van der Waals surface area contributed by atoms with Crippen molar-refractivity contribution in [1.82, 2.24) is 20.9 Å². The first-order valence-corrected chi connectivity index (χ1v) is 11.2. The molecule has 4 atom stereocenters. The molecule has 2 rings (SSSR count). The van der Waals surface area contributed by atoms with E-state index in [0.29, 0.717) is 5.56 Å². The standard InChI is InChI=1S/C23H31N5O8/c1-11(2)19(23(35)36)28-22(34)17(8-18(30)31)27-21(33)16(26-20(32)14(24)10-29)7-12-9-25-15-6-4-3-5-13(12)15/h3-6,9,11,14,16-17,19,25,29H,7-8,10,24H2,1-2H3,(H,26,32)(H,27,33)(H,28,34)(H,30,31)(H,35,36). The molecule has 4 unspecified atom stereocenters. The first-order chi connectivity index (χ1) is 16.9. The van der Waals surface area contributed by atoms with Crippen molar-refractivity contribution in [3.63, 3.8) is 0 Å². The zero-order valence-corrected chi connectivity index (χ0v) is 19.9. The van der Waals surface area contributed by atoms with Crippen LogP contribution in [0.1, 0.15) is 25.8 Å². The van der Waals surface area contributed by atoms with E-state index in [-0.39, 0.29) is 6.42 Å². The van der Waals surface area contributed by atoms with Crippen LogP contribution in [-0.2, 0) is 30.4 Å². The maximum atomic E-state index is 13.2. The minimum atomic E-state index is -1.62. The van der Waals surface area contributed by atoms with Gasteiger partial charge in [0.05, 0.1) is 13.0 Å². The molecule has 0 saturated heterocycles. The van der Waals surface area contributed by atoms with Gasteiger partial charge in [-0.05, 0) is 17.5 Å². The molecule has 2 aromatic rings. The molecule has 0 aliphatic heterocycles. The number of para-hydroxylation sites is 1. The molecule has 36 heavy (non-hydrogen) atoms. The van der Waals surface area contributed by atoms with Gasteiger partial charge >= 0.3 is 11.9 Å². The summed E-state index contributed by atoms with van der Waals surface area (Å²) < 4.78 is 0. The quantitative estimate of drug-likeness (QED) is 0.162. The van der Waals surface area contributed by atoms with Crippen LogP contribution in [-0.4, -0.2) is 80.7 Å². The van der Waals surface area contributed by atoms with Gasteiger partial charge in [0, 0.05) is 23.5 Å². The molecule has 13 heteroatoms. The summed E-state index contributed by atoms with van der Waals surface area (Å²) in [6.07, 6.45) is 0.765. The van der Waals surface area contributed by atoms with E-state index in [1.54, 1.807) is 32.2 Å². The van der Waals surface area contributed by atoms with E-state index in [0.717, 1.165) is 10.9 Å². The van der Waals surface area contributed by atoms with Crippen LogP contribution in [0.4, 0.5) is 0 Å². The van der Waals surface area contributed by atoms with Crippen molar-refractivity contribution in [2.45, 2.75) is 50.9 Å². The van der Waals surface area contributed by atoms with Crippen molar-refractivity contribution in [2.24, 2.45) is 11.7 Å². The Morgan fingerprint density at radius 1 is 0.944 bits per heavy atom. The number of carboxylic acids is 2. The fourth-order valence-electron chi connectivity index (χ4n) is 3.51. The van der Waals surface area contributed by atoms with E-state index in [1.807, 2.05) is 12.1 Å². The van der Waals surface area contributed by atoms with E-state index < -0.39 is 72.8 Å². The molecule has 3 amide bonds. The summed E-state index contributed by atoms with van der Waals surface area (Å²) >= 11 is 0. The van der Waals surface area contributed by atoms with Crippen LogP contribution >= 0.6 is 0 Å². The molecular weight excluding hydrogens is 474 g/mol. The van der Waals surface area contributed by atoms with Gasteiger partial charge in [0.2, 0.25) is 17.7 Å². The highest BCUT2D eigenvalue weighted by Crippen LogP contribution is 2.19. The summed E-state index contributed by atoms with van der Waals surface area (Å²) in [5, 5.41) is 35.5. The summed E-state index contributed by atoms with van der Waals surface area (Å²) in [7, 11) is 0. The molecule has 9 N–H and O–H groups in total. The number of H-pyrrole nitrogens is 1. The van der Waals surface area contributed by atoms with Crippen molar-refractivity contribution in [2.75, 3.05) is 6.61 Å². The maximum absolute atomic E-state index is 13.2. The maximum Gasteiger partial charge on any atom is 0.326 e. The molecule has 1 aromatic heterocycles. The van der Waals surface area contributed by atoms with E-state index >= 15 is 0 Å². The average molecular weight is 506 g/mol. The predicted molar refractivity (Wildman–Crippen MR) is 128 cm³/mol. The largest absolute Gasteiger partial charge is 0.481 e. The number of nitrogens with one attached hydrogen (secondary N) is 4. The first kappa shape index (κ1) is 28.3. The van der Waals surface area contributed by atoms with Gasteiger partial charge < -0.3 is 42.0 Å². The molecule has 1 aromatic carbocycles. The number of benzene rings is 1. The van der Waals surface area contributed by atoms with Gasteiger partial charge in [-0.2, -0.15) is 0 Å². The minimum absolute atomic E-state index is 0.0507. The molecule has 0 bridgehead atoms. The Hall–Kier alpha value is -3.97. The number of carbonyl (C=O) groups excluding carboxylic acids is 3. The zero-order valence-electron chi connectivity index (χ0n) is 19.9. The second kappa shape index (κ2) is 12.7. The molecule has 0 radical (unpaired) electrons. The highest BCUT2D eigenvalue weighted by atomic mass is 16.4. The van der Waals surface area contributed by atoms with Gasteiger partial charge in [-0.3, -0.25) is 19.2 Å².